The van der Waals surface area contributed by atoms with Crippen molar-refractivity contribution in [3.8, 4) is 0 Å². The molecule has 2 rings (SSSR count). The smallest absolute Gasteiger partial charge is 0.251 e. The highest BCUT2D eigenvalue weighted by molar-refractivity contribution is 8.00. The summed E-state index contributed by atoms with van der Waals surface area (Å²) in [5, 5.41) is 3.82. The second kappa shape index (κ2) is 8.78. The molecule has 1 unspecified atom stereocenters. The van der Waals surface area contributed by atoms with Gasteiger partial charge < -0.3 is 10.3 Å². The van der Waals surface area contributed by atoms with E-state index in [0.29, 0.717) is 22.2 Å². The van der Waals surface area contributed by atoms with Gasteiger partial charge in [-0.1, -0.05) is 38.5 Å². The number of H-pyrrole nitrogens is 1. The van der Waals surface area contributed by atoms with Crippen molar-refractivity contribution in [2.75, 3.05) is 0 Å². The van der Waals surface area contributed by atoms with Gasteiger partial charge in [-0.2, -0.15) is 11.8 Å². The standard InChI is InChI=1S/C16H25N3O2S2/c1-10(2)22-9-13-8-14(20)19-16(18-13)23-11(3)15(21)17-12-6-4-5-7-12/h8,10-12H,4-7,9H2,1-3H3,(H,17,21)(H,18,19,20). The van der Waals surface area contributed by atoms with E-state index in [1.54, 1.807) is 11.8 Å². The van der Waals surface area contributed by atoms with Gasteiger partial charge in [-0.15, -0.1) is 0 Å². The van der Waals surface area contributed by atoms with Gasteiger partial charge in [-0.25, -0.2) is 4.98 Å². The van der Waals surface area contributed by atoms with Gasteiger partial charge in [-0.3, -0.25) is 9.59 Å². The largest absolute Gasteiger partial charge is 0.352 e. The van der Waals surface area contributed by atoms with Crippen molar-refractivity contribution in [1.29, 1.82) is 0 Å². The van der Waals surface area contributed by atoms with Crippen molar-refractivity contribution in [2.24, 2.45) is 0 Å². The normalized spacial score (nSPS) is 16.7. The minimum absolute atomic E-state index is 0.0199. The Balaban J connectivity index is 1.94. The van der Waals surface area contributed by atoms with E-state index >= 15 is 0 Å². The molecule has 0 aliphatic heterocycles. The maximum absolute atomic E-state index is 12.2. The fourth-order valence-electron chi connectivity index (χ4n) is 2.47. The molecule has 23 heavy (non-hydrogen) atoms. The van der Waals surface area contributed by atoms with Crippen LogP contribution in [-0.2, 0) is 10.5 Å². The lowest BCUT2D eigenvalue weighted by Crippen LogP contribution is -2.37. The number of aromatic nitrogens is 2. The summed E-state index contributed by atoms with van der Waals surface area (Å²) in [6.07, 6.45) is 4.52. The molecule has 1 atom stereocenters. The number of hydrogen-bond donors (Lipinski definition) is 2. The molecule has 1 amide bonds. The van der Waals surface area contributed by atoms with E-state index in [1.807, 2.05) is 6.92 Å². The van der Waals surface area contributed by atoms with Crippen LogP contribution in [0.1, 0.15) is 52.1 Å². The molecule has 128 valence electrons. The fourth-order valence-corrected chi connectivity index (χ4v) is 3.97. The lowest BCUT2D eigenvalue weighted by Gasteiger charge is -2.16. The van der Waals surface area contributed by atoms with Gasteiger partial charge in [0.15, 0.2) is 5.16 Å². The van der Waals surface area contributed by atoms with E-state index in [9.17, 15) is 9.59 Å². The summed E-state index contributed by atoms with van der Waals surface area (Å²) in [5.74, 6) is 0.726. The van der Waals surface area contributed by atoms with Crippen LogP contribution in [-0.4, -0.2) is 32.4 Å². The van der Waals surface area contributed by atoms with Crippen LogP contribution >= 0.6 is 23.5 Å². The third-order valence-corrected chi connectivity index (χ3v) is 5.81. The zero-order valence-corrected chi connectivity index (χ0v) is 15.6. The Bertz CT molecular complexity index is 583. The summed E-state index contributed by atoms with van der Waals surface area (Å²) in [7, 11) is 0. The summed E-state index contributed by atoms with van der Waals surface area (Å²) in [4.78, 5) is 31.2. The number of hydrogen-bond acceptors (Lipinski definition) is 5. The van der Waals surface area contributed by atoms with Crippen LogP contribution in [0.25, 0.3) is 0 Å². The number of nitrogens with zero attached hydrogens (tertiary/aromatic N) is 1. The molecule has 1 heterocycles. The molecule has 2 N–H and O–H groups in total. The molecule has 0 radical (unpaired) electrons. The van der Waals surface area contributed by atoms with Crippen LogP contribution in [0.4, 0.5) is 0 Å². The summed E-state index contributed by atoms with van der Waals surface area (Å²) in [5.41, 5.74) is 0.601. The van der Waals surface area contributed by atoms with Crippen molar-refractivity contribution in [3.63, 3.8) is 0 Å². The van der Waals surface area contributed by atoms with Gasteiger partial charge in [0.2, 0.25) is 5.91 Å². The monoisotopic (exact) mass is 355 g/mol. The topological polar surface area (TPSA) is 74.8 Å². The lowest BCUT2D eigenvalue weighted by molar-refractivity contribution is -0.120. The summed E-state index contributed by atoms with van der Waals surface area (Å²) < 4.78 is 0. The van der Waals surface area contributed by atoms with Gasteiger partial charge in [0.05, 0.1) is 10.9 Å². The Morgan fingerprint density at radius 1 is 1.39 bits per heavy atom. The highest BCUT2D eigenvalue weighted by Crippen LogP contribution is 2.22. The number of rotatable bonds is 7. The first kappa shape index (κ1) is 18.4. The minimum Gasteiger partial charge on any atom is -0.352 e. The number of carbonyl (C=O) groups excluding carboxylic acids is 1. The van der Waals surface area contributed by atoms with Crippen LogP contribution in [0.2, 0.25) is 0 Å². The lowest BCUT2D eigenvalue weighted by atomic mass is 10.2. The molecule has 5 nitrogen and oxygen atoms in total. The average Bonchev–Trinajstić information content (AvgIpc) is 2.97. The Kier molecular flexibility index (Phi) is 7.02. The van der Waals surface area contributed by atoms with Gasteiger partial charge in [0, 0.05) is 17.9 Å². The van der Waals surface area contributed by atoms with Crippen molar-refractivity contribution in [1.82, 2.24) is 15.3 Å². The number of thioether (sulfide) groups is 2. The van der Waals surface area contributed by atoms with Gasteiger partial charge in [0.25, 0.3) is 5.56 Å². The first-order valence-electron chi connectivity index (χ1n) is 8.13. The first-order valence-corrected chi connectivity index (χ1v) is 10.1. The maximum atomic E-state index is 12.2. The highest BCUT2D eigenvalue weighted by Gasteiger charge is 2.22. The molecule has 7 heteroatoms. The van der Waals surface area contributed by atoms with Gasteiger partial charge in [-0.05, 0) is 25.0 Å². The summed E-state index contributed by atoms with van der Waals surface area (Å²) in [6, 6.07) is 1.84. The Morgan fingerprint density at radius 3 is 2.74 bits per heavy atom. The Labute approximate surface area is 145 Å². The van der Waals surface area contributed by atoms with Crippen LogP contribution in [0.5, 0.6) is 0 Å². The van der Waals surface area contributed by atoms with Crippen LogP contribution < -0.4 is 10.9 Å². The number of nitrogens with one attached hydrogen (secondary N) is 2. The van der Waals surface area contributed by atoms with Crippen LogP contribution in [0.15, 0.2) is 16.0 Å². The average molecular weight is 356 g/mol. The molecule has 1 aliphatic carbocycles. The minimum atomic E-state index is -0.272. The van der Waals surface area contributed by atoms with E-state index in [4.69, 9.17) is 0 Å². The van der Waals surface area contributed by atoms with Crippen molar-refractivity contribution >= 4 is 29.4 Å². The third kappa shape index (κ3) is 6.22. The quantitative estimate of drug-likeness (QED) is 0.581. The van der Waals surface area contributed by atoms with Crippen LogP contribution in [0.3, 0.4) is 0 Å². The molecule has 1 fully saturated rings. The van der Waals surface area contributed by atoms with Crippen molar-refractivity contribution in [2.45, 2.75) is 73.9 Å². The van der Waals surface area contributed by atoms with E-state index < -0.39 is 0 Å². The summed E-state index contributed by atoms with van der Waals surface area (Å²) >= 11 is 3.05. The van der Waals surface area contributed by atoms with Gasteiger partial charge >= 0.3 is 0 Å². The fraction of sp³-hybridized carbons (Fsp3) is 0.688. The first-order chi connectivity index (χ1) is 10.9. The van der Waals surface area contributed by atoms with Crippen molar-refractivity contribution < 1.29 is 4.79 Å². The van der Waals surface area contributed by atoms with E-state index in [-0.39, 0.29) is 16.7 Å². The van der Waals surface area contributed by atoms with E-state index in [0.717, 1.165) is 18.5 Å². The molecule has 1 saturated carbocycles. The zero-order valence-electron chi connectivity index (χ0n) is 13.9. The Hall–Kier alpha value is -0.950. The molecule has 1 aromatic heterocycles. The van der Waals surface area contributed by atoms with Gasteiger partial charge in [0.1, 0.15) is 0 Å². The number of carbonyl (C=O) groups is 1. The number of aromatic amines is 1. The second-order valence-corrected chi connectivity index (χ2v) is 9.05. The van der Waals surface area contributed by atoms with Crippen molar-refractivity contribution in [3.05, 3.63) is 22.1 Å². The SMILES string of the molecule is CC(C)SCc1cc(=O)[nH]c(SC(C)C(=O)NC2CCCC2)n1. The highest BCUT2D eigenvalue weighted by atomic mass is 32.2. The molecule has 0 aromatic carbocycles. The molecule has 0 bridgehead atoms. The summed E-state index contributed by atoms with van der Waals surface area (Å²) in [6.45, 7) is 6.08. The molecule has 1 aromatic rings. The molecular weight excluding hydrogens is 330 g/mol. The zero-order chi connectivity index (χ0) is 16.8. The third-order valence-electron chi connectivity index (χ3n) is 3.70. The Morgan fingerprint density at radius 2 is 2.09 bits per heavy atom. The molecule has 0 saturated heterocycles. The molecule has 1 aliphatic rings. The molecular formula is C16H25N3O2S2. The van der Waals surface area contributed by atoms with E-state index in [1.165, 1.54) is 30.7 Å². The van der Waals surface area contributed by atoms with E-state index in [2.05, 4.69) is 29.1 Å². The molecule has 0 spiro atoms. The second-order valence-electron chi connectivity index (χ2n) is 6.15. The van der Waals surface area contributed by atoms with Crippen LogP contribution in [0, 0.1) is 0 Å². The predicted molar refractivity (Wildman–Crippen MR) is 97.0 cm³/mol. The predicted octanol–water partition coefficient (Wildman–Crippen LogP) is 2.95. The maximum Gasteiger partial charge on any atom is 0.251 e. The number of amides is 1.